The zero-order valence-electron chi connectivity index (χ0n) is 11.3. The van der Waals surface area contributed by atoms with E-state index in [4.69, 9.17) is 0 Å². The lowest BCUT2D eigenvalue weighted by atomic mass is 10.0. The van der Waals surface area contributed by atoms with Crippen LogP contribution in [0.25, 0.3) is 0 Å². The summed E-state index contributed by atoms with van der Waals surface area (Å²) in [6, 6.07) is 11.5. The lowest BCUT2D eigenvalue weighted by Crippen LogP contribution is -2.22. The van der Waals surface area contributed by atoms with Gasteiger partial charge in [-0.2, -0.15) is 0 Å². The van der Waals surface area contributed by atoms with E-state index in [1.165, 1.54) is 12.1 Å². The molecule has 0 bridgehead atoms. The molecule has 0 aliphatic heterocycles. The molecule has 20 heavy (non-hydrogen) atoms. The molecule has 2 atom stereocenters. The van der Waals surface area contributed by atoms with Gasteiger partial charge in [0.1, 0.15) is 11.6 Å². The number of benzene rings is 2. The second-order valence-electron chi connectivity index (χ2n) is 4.86. The van der Waals surface area contributed by atoms with Crippen molar-refractivity contribution in [1.29, 1.82) is 0 Å². The van der Waals surface area contributed by atoms with Crippen LogP contribution >= 0.6 is 15.9 Å². The predicted octanol–water partition coefficient (Wildman–Crippen LogP) is 5.14. The summed E-state index contributed by atoms with van der Waals surface area (Å²) in [5.74, 6) is -1.10. The van der Waals surface area contributed by atoms with Crippen molar-refractivity contribution in [3.05, 3.63) is 69.7 Å². The molecular formula is C16H16BrF2N. The zero-order valence-corrected chi connectivity index (χ0v) is 12.9. The van der Waals surface area contributed by atoms with Crippen molar-refractivity contribution in [2.45, 2.75) is 25.9 Å². The Hall–Kier alpha value is -1.26. The van der Waals surface area contributed by atoms with Crippen LogP contribution in [0.4, 0.5) is 8.78 Å². The fourth-order valence-corrected chi connectivity index (χ4v) is 2.41. The minimum absolute atomic E-state index is 0.0874. The van der Waals surface area contributed by atoms with Crippen LogP contribution in [-0.4, -0.2) is 0 Å². The smallest absolute Gasteiger partial charge is 0.126 e. The SMILES string of the molecule is CC(N[C@H](C)c1ccc(Br)cc1)c1cc(F)cc(F)c1. The van der Waals surface area contributed by atoms with E-state index >= 15 is 0 Å². The van der Waals surface area contributed by atoms with Crippen molar-refractivity contribution in [3.8, 4) is 0 Å². The van der Waals surface area contributed by atoms with Gasteiger partial charge >= 0.3 is 0 Å². The maximum absolute atomic E-state index is 13.2. The highest BCUT2D eigenvalue weighted by atomic mass is 79.9. The van der Waals surface area contributed by atoms with Gasteiger partial charge in [-0.1, -0.05) is 28.1 Å². The summed E-state index contributed by atoms with van der Waals surface area (Å²) in [5.41, 5.74) is 1.73. The molecule has 2 aromatic carbocycles. The Labute approximate surface area is 126 Å². The molecule has 0 saturated carbocycles. The van der Waals surface area contributed by atoms with Gasteiger partial charge in [0, 0.05) is 22.6 Å². The highest BCUT2D eigenvalue weighted by Gasteiger charge is 2.12. The largest absolute Gasteiger partial charge is 0.304 e. The van der Waals surface area contributed by atoms with Gasteiger partial charge in [-0.25, -0.2) is 8.78 Å². The minimum atomic E-state index is -0.551. The van der Waals surface area contributed by atoms with E-state index < -0.39 is 11.6 Å². The second kappa shape index (κ2) is 6.46. The minimum Gasteiger partial charge on any atom is -0.304 e. The van der Waals surface area contributed by atoms with Crippen LogP contribution in [0.1, 0.15) is 37.1 Å². The highest BCUT2D eigenvalue weighted by molar-refractivity contribution is 9.10. The van der Waals surface area contributed by atoms with E-state index in [-0.39, 0.29) is 12.1 Å². The molecule has 0 aliphatic rings. The Balaban J connectivity index is 2.10. The summed E-state index contributed by atoms with van der Waals surface area (Å²) in [4.78, 5) is 0. The van der Waals surface area contributed by atoms with E-state index in [0.29, 0.717) is 5.56 Å². The number of hydrogen-bond donors (Lipinski definition) is 1. The molecule has 0 aromatic heterocycles. The Morgan fingerprint density at radius 3 is 1.90 bits per heavy atom. The van der Waals surface area contributed by atoms with Crippen LogP contribution in [0.2, 0.25) is 0 Å². The molecule has 2 rings (SSSR count). The molecule has 106 valence electrons. The van der Waals surface area contributed by atoms with Crippen molar-refractivity contribution >= 4 is 15.9 Å². The van der Waals surface area contributed by atoms with Gasteiger partial charge in [0.2, 0.25) is 0 Å². The van der Waals surface area contributed by atoms with Gasteiger partial charge in [-0.3, -0.25) is 0 Å². The molecule has 2 aromatic rings. The normalized spacial score (nSPS) is 14.1. The molecule has 0 amide bonds. The molecule has 4 heteroatoms. The molecule has 1 nitrogen and oxygen atoms in total. The van der Waals surface area contributed by atoms with Gasteiger partial charge in [0.25, 0.3) is 0 Å². The third-order valence-corrected chi connectivity index (χ3v) is 3.78. The van der Waals surface area contributed by atoms with Crippen LogP contribution < -0.4 is 5.32 Å². The molecule has 0 aliphatic carbocycles. The van der Waals surface area contributed by atoms with Gasteiger partial charge in [-0.15, -0.1) is 0 Å². The van der Waals surface area contributed by atoms with Crippen molar-refractivity contribution in [1.82, 2.24) is 5.32 Å². The Morgan fingerprint density at radius 1 is 0.850 bits per heavy atom. The third kappa shape index (κ3) is 3.87. The quantitative estimate of drug-likeness (QED) is 0.813. The Kier molecular flexibility index (Phi) is 4.89. The Morgan fingerprint density at radius 2 is 1.35 bits per heavy atom. The number of hydrogen-bond acceptors (Lipinski definition) is 1. The summed E-state index contributed by atoms with van der Waals surface area (Å²) in [7, 11) is 0. The highest BCUT2D eigenvalue weighted by Crippen LogP contribution is 2.22. The van der Waals surface area contributed by atoms with Crippen molar-refractivity contribution in [2.24, 2.45) is 0 Å². The second-order valence-corrected chi connectivity index (χ2v) is 5.78. The number of rotatable bonds is 4. The average Bonchev–Trinajstić information content (AvgIpc) is 2.38. The van der Waals surface area contributed by atoms with E-state index in [9.17, 15) is 8.78 Å². The predicted molar refractivity (Wildman–Crippen MR) is 80.5 cm³/mol. The number of nitrogens with one attached hydrogen (secondary N) is 1. The summed E-state index contributed by atoms with van der Waals surface area (Å²) >= 11 is 3.39. The van der Waals surface area contributed by atoms with Gasteiger partial charge in [0.15, 0.2) is 0 Å². The van der Waals surface area contributed by atoms with Crippen LogP contribution in [0.15, 0.2) is 46.9 Å². The first-order valence-electron chi connectivity index (χ1n) is 6.43. The van der Waals surface area contributed by atoms with E-state index in [1.54, 1.807) is 0 Å². The zero-order chi connectivity index (χ0) is 14.7. The van der Waals surface area contributed by atoms with Crippen molar-refractivity contribution in [3.63, 3.8) is 0 Å². The van der Waals surface area contributed by atoms with Crippen LogP contribution in [0.5, 0.6) is 0 Å². The standard InChI is InChI=1S/C16H16BrF2N/c1-10(12-3-5-14(17)6-4-12)20-11(2)13-7-15(18)9-16(19)8-13/h3-11,20H,1-2H3/t10-,11?/m1/s1. The maximum atomic E-state index is 13.2. The van der Waals surface area contributed by atoms with Crippen molar-refractivity contribution < 1.29 is 8.78 Å². The van der Waals surface area contributed by atoms with Gasteiger partial charge in [-0.05, 0) is 49.2 Å². The molecular weight excluding hydrogens is 324 g/mol. The summed E-state index contributed by atoms with van der Waals surface area (Å²) in [5, 5.41) is 3.34. The van der Waals surface area contributed by atoms with Crippen molar-refractivity contribution in [2.75, 3.05) is 0 Å². The molecule has 0 heterocycles. The lowest BCUT2D eigenvalue weighted by molar-refractivity contribution is 0.487. The fourth-order valence-electron chi connectivity index (χ4n) is 2.14. The fraction of sp³-hybridized carbons (Fsp3) is 0.250. The van der Waals surface area contributed by atoms with E-state index in [0.717, 1.165) is 16.1 Å². The third-order valence-electron chi connectivity index (χ3n) is 3.25. The lowest BCUT2D eigenvalue weighted by Gasteiger charge is -2.21. The topological polar surface area (TPSA) is 12.0 Å². The average molecular weight is 340 g/mol. The first-order chi connectivity index (χ1) is 9.45. The molecule has 0 radical (unpaired) electrons. The first kappa shape index (κ1) is 15.1. The van der Waals surface area contributed by atoms with Gasteiger partial charge in [0.05, 0.1) is 0 Å². The molecule has 1 N–H and O–H groups in total. The molecule has 0 saturated heterocycles. The van der Waals surface area contributed by atoms with Crippen LogP contribution in [0.3, 0.4) is 0 Å². The number of halogens is 3. The Bertz CT molecular complexity index is 563. The maximum Gasteiger partial charge on any atom is 0.126 e. The summed E-state index contributed by atoms with van der Waals surface area (Å²) < 4.78 is 27.5. The summed E-state index contributed by atoms with van der Waals surface area (Å²) in [6.45, 7) is 3.92. The molecule has 0 fully saturated rings. The van der Waals surface area contributed by atoms with Gasteiger partial charge < -0.3 is 5.32 Å². The van der Waals surface area contributed by atoms with Crippen LogP contribution in [0, 0.1) is 11.6 Å². The molecule has 0 spiro atoms. The first-order valence-corrected chi connectivity index (χ1v) is 7.22. The van der Waals surface area contributed by atoms with E-state index in [2.05, 4.69) is 21.2 Å². The molecule has 1 unspecified atom stereocenters. The summed E-state index contributed by atoms with van der Waals surface area (Å²) in [6.07, 6.45) is 0. The monoisotopic (exact) mass is 339 g/mol. The van der Waals surface area contributed by atoms with Crippen LogP contribution in [-0.2, 0) is 0 Å². The van der Waals surface area contributed by atoms with E-state index in [1.807, 2.05) is 38.1 Å².